The summed E-state index contributed by atoms with van der Waals surface area (Å²) in [5, 5.41) is 2.85. The second kappa shape index (κ2) is 6.26. The molecular formula is C18H16N2O2. The van der Waals surface area contributed by atoms with Gasteiger partial charge in [0.05, 0.1) is 12.2 Å². The molecule has 0 bridgehead atoms. The number of aromatic nitrogens is 1. The minimum atomic E-state index is -0.126. The smallest absolute Gasteiger partial charge is 0.251 e. The average Bonchev–Trinajstić information content (AvgIpc) is 2.99. The number of hydrogen-bond donors (Lipinski definition) is 1. The third-order valence-electron chi connectivity index (χ3n) is 3.33. The SMILES string of the molecule is Cc1nc(CNC(=O)c2cccc(-c3ccccc3)c2)co1. The number of benzene rings is 2. The molecule has 22 heavy (non-hydrogen) atoms. The molecule has 0 saturated heterocycles. The number of hydrogen-bond acceptors (Lipinski definition) is 3. The van der Waals surface area contributed by atoms with Crippen LogP contribution in [0.15, 0.2) is 65.3 Å². The molecule has 0 aliphatic heterocycles. The van der Waals surface area contributed by atoms with Gasteiger partial charge in [-0.25, -0.2) is 4.98 Å². The van der Waals surface area contributed by atoms with Crippen molar-refractivity contribution in [3.63, 3.8) is 0 Å². The first-order chi connectivity index (χ1) is 10.7. The molecule has 0 radical (unpaired) electrons. The molecule has 110 valence electrons. The Labute approximate surface area is 128 Å². The highest BCUT2D eigenvalue weighted by Gasteiger charge is 2.08. The summed E-state index contributed by atoms with van der Waals surface area (Å²) in [7, 11) is 0. The van der Waals surface area contributed by atoms with Crippen LogP contribution < -0.4 is 5.32 Å². The lowest BCUT2D eigenvalue weighted by Crippen LogP contribution is -2.22. The molecule has 1 N–H and O–H groups in total. The molecule has 3 rings (SSSR count). The molecule has 0 spiro atoms. The van der Waals surface area contributed by atoms with Crippen molar-refractivity contribution >= 4 is 5.91 Å². The van der Waals surface area contributed by atoms with E-state index in [4.69, 9.17) is 4.42 Å². The van der Waals surface area contributed by atoms with Gasteiger partial charge in [-0.15, -0.1) is 0 Å². The highest BCUT2D eigenvalue weighted by Crippen LogP contribution is 2.20. The van der Waals surface area contributed by atoms with Crippen molar-refractivity contribution in [2.24, 2.45) is 0 Å². The summed E-state index contributed by atoms with van der Waals surface area (Å²) >= 11 is 0. The molecule has 0 aliphatic carbocycles. The lowest BCUT2D eigenvalue weighted by atomic mass is 10.0. The average molecular weight is 292 g/mol. The Morgan fingerprint density at radius 2 is 1.86 bits per heavy atom. The van der Waals surface area contributed by atoms with E-state index in [9.17, 15) is 4.79 Å². The lowest BCUT2D eigenvalue weighted by molar-refractivity contribution is 0.0950. The normalized spacial score (nSPS) is 10.4. The molecule has 1 aromatic heterocycles. The first kappa shape index (κ1) is 14.1. The maximum atomic E-state index is 12.2. The zero-order valence-electron chi connectivity index (χ0n) is 12.2. The fourth-order valence-corrected chi connectivity index (χ4v) is 2.23. The van der Waals surface area contributed by atoms with Crippen molar-refractivity contribution in [3.8, 4) is 11.1 Å². The molecule has 3 aromatic rings. The van der Waals surface area contributed by atoms with Crippen LogP contribution in [0.25, 0.3) is 11.1 Å². The van der Waals surface area contributed by atoms with E-state index in [-0.39, 0.29) is 5.91 Å². The van der Waals surface area contributed by atoms with Crippen LogP contribution in [0.4, 0.5) is 0 Å². The Bertz CT molecular complexity index is 779. The second-order valence-electron chi connectivity index (χ2n) is 4.99. The van der Waals surface area contributed by atoms with Crippen LogP contribution in [0.5, 0.6) is 0 Å². The predicted octanol–water partition coefficient (Wildman–Crippen LogP) is 3.58. The van der Waals surface area contributed by atoms with Crippen molar-refractivity contribution in [3.05, 3.63) is 78.0 Å². The van der Waals surface area contributed by atoms with Gasteiger partial charge in [-0.05, 0) is 23.3 Å². The van der Waals surface area contributed by atoms with Crippen molar-refractivity contribution in [2.45, 2.75) is 13.5 Å². The lowest BCUT2D eigenvalue weighted by Gasteiger charge is -2.06. The largest absolute Gasteiger partial charge is 0.449 e. The Kier molecular flexibility index (Phi) is 4.01. The summed E-state index contributed by atoms with van der Waals surface area (Å²) in [5.74, 6) is 0.466. The number of carbonyl (C=O) groups is 1. The van der Waals surface area contributed by atoms with Gasteiger partial charge < -0.3 is 9.73 Å². The Hall–Kier alpha value is -2.88. The van der Waals surface area contributed by atoms with Gasteiger partial charge in [-0.1, -0.05) is 42.5 Å². The van der Waals surface area contributed by atoms with Crippen LogP contribution in [-0.4, -0.2) is 10.9 Å². The number of oxazole rings is 1. The molecule has 0 atom stereocenters. The van der Waals surface area contributed by atoms with Gasteiger partial charge in [0.1, 0.15) is 6.26 Å². The van der Waals surface area contributed by atoms with Crippen molar-refractivity contribution in [2.75, 3.05) is 0 Å². The van der Waals surface area contributed by atoms with E-state index in [0.717, 1.165) is 11.1 Å². The summed E-state index contributed by atoms with van der Waals surface area (Å²) in [6, 6.07) is 17.5. The van der Waals surface area contributed by atoms with Gasteiger partial charge >= 0.3 is 0 Å². The topological polar surface area (TPSA) is 55.1 Å². The number of carbonyl (C=O) groups excluding carboxylic acids is 1. The Morgan fingerprint density at radius 1 is 1.09 bits per heavy atom. The Morgan fingerprint density at radius 3 is 2.59 bits per heavy atom. The van der Waals surface area contributed by atoms with Crippen LogP contribution in [0, 0.1) is 6.92 Å². The second-order valence-corrected chi connectivity index (χ2v) is 4.99. The molecule has 0 saturated carbocycles. The summed E-state index contributed by atoms with van der Waals surface area (Å²) in [6.45, 7) is 2.13. The van der Waals surface area contributed by atoms with Crippen LogP contribution >= 0.6 is 0 Å². The molecule has 2 aromatic carbocycles. The van der Waals surface area contributed by atoms with Gasteiger partial charge in [0.25, 0.3) is 5.91 Å². The van der Waals surface area contributed by atoms with Gasteiger partial charge in [-0.2, -0.15) is 0 Å². The van der Waals surface area contributed by atoms with E-state index in [1.165, 1.54) is 0 Å². The molecule has 4 nitrogen and oxygen atoms in total. The molecule has 0 fully saturated rings. The summed E-state index contributed by atoms with van der Waals surface area (Å²) in [6.07, 6.45) is 1.55. The monoisotopic (exact) mass is 292 g/mol. The van der Waals surface area contributed by atoms with E-state index in [2.05, 4.69) is 10.3 Å². The zero-order chi connectivity index (χ0) is 15.4. The maximum absolute atomic E-state index is 12.2. The fourth-order valence-electron chi connectivity index (χ4n) is 2.23. The van der Waals surface area contributed by atoms with Gasteiger partial charge in [0.2, 0.25) is 0 Å². The molecule has 4 heteroatoms. The Balaban J connectivity index is 1.73. The van der Waals surface area contributed by atoms with E-state index in [1.807, 2.05) is 48.5 Å². The quantitative estimate of drug-likeness (QED) is 0.799. The van der Waals surface area contributed by atoms with E-state index in [0.29, 0.717) is 23.7 Å². The third-order valence-corrected chi connectivity index (χ3v) is 3.33. The third kappa shape index (κ3) is 3.23. The van der Waals surface area contributed by atoms with Crippen LogP contribution in [0.2, 0.25) is 0 Å². The van der Waals surface area contributed by atoms with Gasteiger partial charge in [0.15, 0.2) is 5.89 Å². The minimum Gasteiger partial charge on any atom is -0.449 e. The van der Waals surface area contributed by atoms with E-state index in [1.54, 1.807) is 19.3 Å². The van der Waals surface area contributed by atoms with Crippen molar-refractivity contribution < 1.29 is 9.21 Å². The van der Waals surface area contributed by atoms with Crippen LogP contribution in [-0.2, 0) is 6.54 Å². The predicted molar refractivity (Wildman–Crippen MR) is 84.3 cm³/mol. The summed E-state index contributed by atoms with van der Waals surface area (Å²) in [5.41, 5.74) is 3.45. The van der Waals surface area contributed by atoms with Crippen LogP contribution in [0.1, 0.15) is 21.9 Å². The van der Waals surface area contributed by atoms with Gasteiger partial charge in [0, 0.05) is 12.5 Å². The highest BCUT2D eigenvalue weighted by atomic mass is 16.3. The molecule has 1 amide bonds. The standard InChI is InChI=1S/C18H16N2O2/c1-13-20-17(12-22-13)11-19-18(21)16-9-5-8-15(10-16)14-6-3-2-4-7-14/h2-10,12H,11H2,1H3,(H,19,21). The van der Waals surface area contributed by atoms with Crippen LogP contribution in [0.3, 0.4) is 0 Å². The number of aryl methyl sites for hydroxylation is 1. The first-order valence-electron chi connectivity index (χ1n) is 7.07. The number of nitrogens with one attached hydrogen (secondary N) is 1. The molecular weight excluding hydrogens is 276 g/mol. The molecule has 1 heterocycles. The van der Waals surface area contributed by atoms with Crippen molar-refractivity contribution in [1.82, 2.24) is 10.3 Å². The maximum Gasteiger partial charge on any atom is 0.251 e. The van der Waals surface area contributed by atoms with E-state index < -0.39 is 0 Å². The fraction of sp³-hybridized carbons (Fsp3) is 0.111. The number of amides is 1. The molecule has 0 aliphatic rings. The number of nitrogens with zero attached hydrogens (tertiary/aromatic N) is 1. The first-order valence-corrected chi connectivity index (χ1v) is 7.07. The summed E-state index contributed by atoms with van der Waals surface area (Å²) < 4.78 is 5.12. The highest BCUT2D eigenvalue weighted by molar-refractivity contribution is 5.95. The number of rotatable bonds is 4. The summed E-state index contributed by atoms with van der Waals surface area (Å²) in [4.78, 5) is 16.4. The van der Waals surface area contributed by atoms with Gasteiger partial charge in [-0.3, -0.25) is 4.79 Å². The zero-order valence-corrected chi connectivity index (χ0v) is 12.2. The molecule has 0 unspecified atom stereocenters. The van der Waals surface area contributed by atoms with Crippen molar-refractivity contribution in [1.29, 1.82) is 0 Å². The minimum absolute atomic E-state index is 0.126. The van der Waals surface area contributed by atoms with E-state index >= 15 is 0 Å².